The number of ether oxygens (including phenoxy) is 2. The Balaban J connectivity index is 1.17. The van der Waals surface area contributed by atoms with Crippen LogP contribution in [0.15, 0.2) is 133 Å². The zero-order chi connectivity index (χ0) is 36.3. The average molecular weight is 713 g/mol. The minimum atomic E-state index is -1.45. The van der Waals surface area contributed by atoms with Gasteiger partial charge in [0.25, 0.3) is 0 Å². The predicted octanol–water partition coefficient (Wildman–Crippen LogP) is 8.73. The lowest BCUT2D eigenvalue weighted by Gasteiger charge is -2.36. The molecule has 1 saturated heterocycles. The lowest BCUT2D eigenvalue weighted by molar-refractivity contribution is -0.156. The number of amides is 2. The summed E-state index contributed by atoms with van der Waals surface area (Å²) < 4.78 is 12.4. The maximum atomic E-state index is 14.3. The zero-order valence-electron chi connectivity index (χ0n) is 29.3. The molecule has 5 aromatic rings. The zero-order valence-corrected chi connectivity index (χ0v) is 30.0. The monoisotopic (exact) mass is 712 g/mol. The number of benzene rings is 5. The number of hydrogen-bond acceptors (Lipinski definition) is 5. The third-order valence-corrected chi connectivity index (χ3v) is 10.5. The largest absolute Gasteiger partial charge is 0.449 e. The predicted molar refractivity (Wildman–Crippen MR) is 202 cm³/mol. The molecular formula is C44H41ClN2O5. The molecule has 0 bridgehead atoms. The van der Waals surface area contributed by atoms with Gasteiger partial charge in [-0.3, -0.25) is 9.59 Å². The van der Waals surface area contributed by atoms with E-state index in [1.807, 2.05) is 115 Å². The van der Waals surface area contributed by atoms with Crippen molar-refractivity contribution in [2.75, 3.05) is 19.7 Å². The fourth-order valence-electron chi connectivity index (χ4n) is 7.63. The summed E-state index contributed by atoms with van der Waals surface area (Å²) in [5, 5.41) is 3.17. The SMILES string of the molecule is CC1(C)CCN(C(=O)C(CC(=O)OC(c2ccccc2)(c2ccccc2)c2ccccc2Cl)NC(=O)OCC2c3ccccc3-c3ccccc32)C1. The lowest BCUT2D eigenvalue weighted by Crippen LogP contribution is -2.50. The molecule has 1 atom stereocenters. The van der Waals surface area contributed by atoms with Crippen LogP contribution in [0.1, 0.15) is 60.4 Å². The highest BCUT2D eigenvalue weighted by Crippen LogP contribution is 2.45. The second-order valence-corrected chi connectivity index (χ2v) is 14.7. The van der Waals surface area contributed by atoms with E-state index < -0.39 is 30.1 Å². The highest BCUT2D eigenvalue weighted by Gasteiger charge is 2.44. The molecule has 7 nitrogen and oxygen atoms in total. The van der Waals surface area contributed by atoms with Crippen LogP contribution in [0.3, 0.4) is 0 Å². The van der Waals surface area contributed by atoms with Crippen molar-refractivity contribution in [1.29, 1.82) is 0 Å². The molecule has 52 heavy (non-hydrogen) atoms. The molecule has 0 radical (unpaired) electrons. The van der Waals surface area contributed by atoms with E-state index >= 15 is 0 Å². The Kier molecular flexibility index (Phi) is 9.89. The van der Waals surface area contributed by atoms with Gasteiger partial charge in [-0.2, -0.15) is 0 Å². The number of rotatable bonds is 10. The molecule has 264 valence electrons. The van der Waals surface area contributed by atoms with Crippen LogP contribution in [0, 0.1) is 5.41 Å². The molecule has 1 aliphatic heterocycles. The third kappa shape index (κ3) is 6.93. The maximum absolute atomic E-state index is 14.3. The van der Waals surface area contributed by atoms with Crippen molar-refractivity contribution in [2.24, 2.45) is 5.41 Å². The molecule has 0 saturated carbocycles. The summed E-state index contributed by atoms with van der Waals surface area (Å²) in [6, 6.07) is 41.0. The Bertz CT molecular complexity index is 2000. The van der Waals surface area contributed by atoms with E-state index in [2.05, 4.69) is 31.3 Å². The van der Waals surface area contributed by atoms with Crippen LogP contribution >= 0.6 is 11.6 Å². The summed E-state index contributed by atoms with van der Waals surface area (Å²) in [5.74, 6) is -1.22. The number of likely N-dealkylation sites (tertiary alicyclic amines) is 1. The standard InChI is InChI=1S/C44H41ClN2O5/c1-43(2)25-26-47(29-43)41(49)39(46-42(50)51-28-36-34-21-11-9-19-32(34)33-20-10-12-22-35(33)36)27-40(48)52-44(30-15-5-3-6-16-30,31-17-7-4-8-18-31)37-23-13-14-24-38(37)45/h3-24,36,39H,25-29H2,1-2H3,(H,46,50). The van der Waals surface area contributed by atoms with Gasteiger partial charge in [0.2, 0.25) is 5.91 Å². The molecule has 0 spiro atoms. The molecule has 2 aliphatic rings. The summed E-state index contributed by atoms with van der Waals surface area (Å²) in [6.45, 7) is 5.28. The Labute approximate surface area is 309 Å². The smallest absolute Gasteiger partial charge is 0.407 e. The van der Waals surface area contributed by atoms with Crippen LogP contribution in [-0.2, 0) is 24.7 Å². The fraction of sp³-hybridized carbons (Fsp3) is 0.250. The lowest BCUT2D eigenvalue weighted by atomic mass is 9.80. The van der Waals surface area contributed by atoms with Crippen LogP contribution in [0.5, 0.6) is 0 Å². The Morgan fingerprint density at radius 1 is 0.788 bits per heavy atom. The Hall–Kier alpha value is -5.40. The summed E-state index contributed by atoms with van der Waals surface area (Å²) in [4.78, 5) is 43.8. The number of carbonyl (C=O) groups excluding carboxylic acids is 3. The van der Waals surface area contributed by atoms with Crippen molar-refractivity contribution in [2.45, 2.75) is 44.2 Å². The van der Waals surface area contributed by atoms with Gasteiger partial charge in [0, 0.05) is 40.7 Å². The van der Waals surface area contributed by atoms with Gasteiger partial charge in [-0.05, 0) is 40.2 Å². The number of halogens is 1. The van der Waals surface area contributed by atoms with Gasteiger partial charge in [-0.1, -0.05) is 153 Å². The first-order valence-corrected chi connectivity index (χ1v) is 18.0. The summed E-state index contributed by atoms with van der Waals surface area (Å²) in [7, 11) is 0. The van der Waals surface area contributed by atoms with E-state index in [1.54, 1.807) is 11.0 Å². The summed E-state index contributed by atoms with van der Waals surface area (Å²) >= 11 is 6.86. The molecule has 1 aliphatic carbocycles. The second kappa shape index (κ2) is 14.7. The summed E-state index contributed by atoms with van der Waals surface area (Å²) in [6.07, 6.45) is -0.403. The van der Waals surface area contributed by atoms with E-state index in [0.717, 1.165) is 28.7 Å². The highest BCUT2D eigenvalue weighted by molar-refractivity contribution is 6.31. The van der Waals surface area contributed by atoms with Crippen molar-refractivity contribution in [3.63, 3.8) is 0 Å². The molecule has 1 unspecified atom stereocenters. The van der Waals surface area contributed by atoms with Gasteiger partial charge in [0.1, 0.15) is 12.6 Å². The van der Waals surface area contributed by atoms with Gasteiger partial charge in [-0.25, -0.2) is 4.79 Å². The molecule has 0 aromatic heterocycles. The molecule has 1 N–H and O–H groups in total. The number of fused-ring (bicyclic) bond motifs is 3. The minimum absolute atomic E-state index is 0.0690. The number of hydrogen-bond donors (Lipinski definition) is 1. The van der Waals surface area contributed by atoms with Crippen LogP contribution in [0.2, 0.25) is 5.02 Å². The van der Waals surface area contributed by atoms with Gasteiger partial charge in [0.15, 0.2) is 5.60 Å². The van der Waals surface area contributed by atoms with Crippen LogP contribution < -0.4 is 5.32 Å². The first-order valence-electron chi connectivity index (χ1n) is 17.6. The number of carbonyl (C=O) groups is 3. The van der Waals surface area contributed by atoms with Gasteiger partial charge >= 0.3 is 12.1 Å². The fourth-order valence-corrected chi connectivity index (χ4v) is 7.89. The first kappa shape index (κ1) is 35.0. The molecule has 2 amide bonds. The van der Waals surface area contributed by atoms with Crippen molar-refractivity contribution in [3.8, 4) is 11.1 Å². The van der Waals surface area contributed by atoms with Gasteiger partial charge in [-0.15, -0.1) is 0 Å². The molecule has 1 heterocycles. The first-order chi connectivity index (χ1) is 25.2. The average Bonchev–Trinajstić information content (AvgIpc) is 3.69. The quantitative estimate of drug-likeness (QED) is 0.116. The highest BCUT2D eigenvalue weighted by atomic mass is 35.5. The van der Waals surface area contributed by atoms with E-state index in [-0.39, 0.29) is 23.8 Å². The van der Waals surface area contributed by atoms with Crippen LogP contribution in [0.4, 0.5) is 4.79 Å². The van der Waals surface area contributed by atoms with E-state index in [9.17, 15) is 14.4 Å². The maximum Gasteiger partial charge on any atom is 0.407 e. The molecule has 8 heteroatoms. The number of esters is 1. The molecule has 1 fully saturated rings. The van der Waals surface area contributed by atoms with Crippen LogP contribution in [0.25, 0.3) is 11.1 Å². The molecular weight excluding hydrogens is 672 g/mol. The van der Waals surface area contributed by atoms with Gasteiger partial charge < -0.3 is 19.7 Å². The number of alkyl carbamates (subject to hydrolysis) is 1. The van der Waals surface area contributed by atoms with Crippen LogP contribution in [-0.4, -0.2) is 48.6 Å². The third-order valence-electron chi connectivity index (χ3n) is 10.2. The Morgan fingerprint density at radius 2 is 1.33 bits per heavy atom. The topological polar surface area (TPSA) is 84.9 Å². The van der Waals surface area contributed by atoms with E-state index in [4.69, 9.17) is 21.1 Å². The van der Waals surface area contributed by atoms with Crippen molar-refractivity contribution in [3.05, 3.63) is 166 Å². The second-order valence-electron chi connectivity index (χ2n) is 14.3. The van der Waals surface area contributed by atoms with Crippen molar-refractivity contribution >= 4 is 29.6 Å². The number of nitrogens with zero attached hydrogens (tertiary/aromatic N) is 1. The minimum Gasteiger partial charge on any atom is -0.449 e. The van der Waals surface area contributed by atoms with E-state index in [0.29, 0.717) is 34.8 Å². The van der Waals surface area contributed by atoms with Crippen molar-refractivity contribution < 1.29 is 23.9 Å². The van der Waals surface area contributed by atoms with Gasteiger partial charge in [0.05, 0.1) is 6.42 Å². The van der Waals surface area contributed by atoms with E-state index in [1.165, 1.54) is 0 Å². The normalized spacial score (nSPS) is 15.3. The molecule has 5 aromatic carbocycles. The Morgan fingerprint density at radius 3 is 1.88 bits per heavy atom. The summed E-state index contributed by atoms with van der Waals surface area (Å²) in [5.41, 5.74) is 4.74. The molecule has 7 rings (SSSR count). The number of nitrogens with one attached hydrogen (secondary N) is 1. The van der Waals surface area contributed by atoms with Crippen molar-refractivity contribution in [1.82, 2.24) is 10.2 Å².